The fraction of sp³-hybridized carbons (Fsp3) is 0.357. The van der Waals surface area contributed by atoms with Gasteiger partial charge >= 0.3 is 0 Å². The summed E-state index contributed by atoms with van der Waals surface area (Å²) in [4.78, 5) is 4.63. The van der Waals surface area contributed by atoms with Gasteiger partial charge in [-0.25, -0.2) is 4.39 Å². The third-order valence-electron chi connectivity index (χ3n) is 3.24. The van der Waals surface area contributed by atoms with E-state index in [-0.39, 0.29) is 5.82 Å². The highest BCUT2D eigenvalue weighted by molar-refractivity contribution is 5.79. The summed E-state index contributed by atoms with van der Waals surface area (Å²) in [5.74, 6) is 0.425. The van der Waals surface area contributed by atoms with Gasteiger partial charge in [0.25, 0.3) is 0 Å². The van der Waals surface area contributed by atoms with Crippen LogP contribution in [0.2, 0.25) is 0 Å². The number of benzene rings is 1. The lowest BCUT2D eigenvalue weighted by molar-refractivity contribution is 0.629. The molecule has 0 saturated heterocycles. The second kappa shape index (κ2) is 3.55. The van der Waals surface area contributed by atoms with E-state index in [1.807, 2.05) is 6.07 Å². The number of aromatic nitrogens is 1. The molecule has 0 spiro atoms. The maximum Gasteiger partial charge on any atom is 0.125 e. The maximum atomic E-state index is 13.1. The molecule has 1 aliphatic rings. The number of pyridine rings is 1. The Bertz CT molecular complexity index is 544. The first-order valence-electron chi connectivity index (χ1n) is 5.87. The van der Waals surface area contributed by atoms with Crippen LogP contribution in [-0.4, -0.2) is 4.98 Å². The number of halogens is 1. The topological polar surface area (TPSA) is 12.9 Å². The Morgan fingerprint density at radius 3 is 2.81 bits per heavy atom. The monoisotopic (exact) mass is 215 g/mol. The molecular formula is C14H14FN. The lowest BCUT2D eigenvalue weighted by Gasteiger charge is -2.08. The van der Waals surface area contributed by atoms with E-state index in [0.29, 0.717) is 5.92 Å². The molecule has 2 aromatic rings. The van der Waals surface area contributed by atoms with E-state index in [4.69, 9.17) is 0 Å². The van der Waals surface area contributed by atoms with Crippen LogP contribution in [0.4, 0.5) is 4.39 Å². The number of hydrogen-bond acceptors (Lipinski definition) is 1. The second-order valence-electron chi connectivity index (χ2n) is 4.50. The molecule has 0 unspecified atom stereocenters. The Morgan fingerprint density at radius 2 is 2.12 bits per heavy atom. The van der Waals surface area contributed by atoms with Gasteiger partial charge < -0.3 is 0 Å². The summed E-state index contributed by atoms with van der Waals surface area (Å²) >= 11 is 0. The van der Waals surface area contributed by atoms with Crippen LogP contribution < -0.4 is 0 Å². The lowest BCUT2D eigenvalue weighted by atomic mass is 10.0. The minimum Gasteiger partial charge on any atom is -0.252 e. The van der Waals surface area contributed by atoms with Crippen molar-refractivity contribution >= 4 is 10.9 Å². The van der Waals surface area contributed by atoms with Crippen LogP contribution in [0.5, 0.6) is 0 Å². The van der Waals surface area contributed by atoms with E-state index in [9.17, 15) is 4.39 Å². The Balaban J connectivity index is 2.23. The lowest BCUT2D eigenvalue weighted by Crippen LogP contribution is -1.96. The summed E-state index contributed by atoms with van der Waals surface area (Å²) in [5, 5.41) is 1.04. The molecule has 0 atom stereocenters. The second-order valence-corrected chi connectivity index (χ2v) is 4.50. The number of rotatable bonds is 2. The Kier molecular flexibility index (Phi) is 2.16. The van der Waals surface area contributed by atoms with Crippen LogP contribution in [0, 0.1) is 5.82 Å². The van der Waals surface area contributed by atoms with Gasteiger partial charge in [-0.2, -0.15) is 0 Å². The van der Waals surface area contributed by atoms with E-state index >= 15 is 0 Å². The zero-order valence-electron chi connectivity index (χ0n) is 9.33. The van der Waals surface area contributed by atoms with E-state index in [0.717, 1.165) is 17.3 Å². The molecule has 1 fully saturated rings. The quantitative estimate of drug-likeness (QED) is 0.742. The highest BCUT2D eigenvalue weighted by Gasteiger charge is 2.27. The SMILES string of the molecule is CCc1cc2ccc(F)cc2nc1C1CC1. The predicted molar refractivity (Wildman–Crippen MR) is 63.1 cm³/mol. The van der Waals surface area contributed by atoms with Crippen molar-refractivity contribution in [2.45, 2.75) is 32.1 Å². The molecule has 2 heteroatoms. The number of hydrogen-bond donors (Lipinski definition) is 0. The van der Waals surface area contributed by atoms with Crippen molar-refractivity contribution in [3.8, 4) is 0 Å². The summed E-state index contributed by atoms with van der Waals surface area (Å²) < 4.78 is 13.1. The molecule has 0 amide bonds. The van der Waals surface area contributed by atoms with E-state index in [2.05, 4.69) is 18.0 Å². The molecule has 1 aliphatic carbocycles. The highest BCUT2D eigenvalue weighted by atomic mass is 19.1. The smallest absolute Gasteiger partial charge is 0.125 e. The predicted octanol–water partition coefficient (Wildman–Crippen LogP) is 3.81. The van der Waals surface area contributed by atoms with Crippen molar-refractivity contribution < 1.29 is 4.39 Å². The van der Waals surface area contributed by atoms with Gasteiger partial charge in [-0.1, -0.05) is 6.92 Å². The zero-order valence-corrected chi connectivity index (χ0v) is 9.33. The van der Waals surface area contributed by atoms with Crippen molar-refractivity contribution in [3.05, 3.63) is 41.3 Å². The fourth-order valence-electron chi connectivity index (χ4n) is 2.19. The largest absolute Gasteiger partial charge is 0.252 e. The molecule has 1 aromatic heterocycles. The third kappa shape index (κ3) is 1.58. The minimum atomic E-state index is -0.203. The van der Waals surface area contributed by atoms with Crippen LogP contribution >= 0.6 is 0 Å². The Labute approximate surface area is 94.3 Å². The van der Waals surface area contributed by atoms with Crippen molar-refractivity contribution in [1.82, 2.24) is 4.98 Å². The highest BCUT2D eigenvalue weighted by Crippen LogP contribution is 2.41. The van der Waals surface area contributed by atoms with Crippen molar-refractivity contribution in [1.29, 1.82) is 0 Å². The fourth-order valence-corrected chi connectivity index (χ4v) is 2.19. The number of nitrogens with zero attached hydrogens (tertiary/aromatic N) is 1. The molecular weight excluding hydrogens is 201 g/mol. The van der Waals surface area contributed by atoms with Crippen molar-refractivity contribution in [3.63, 3.8) is 0 Å². The van der Waals surface area contributed by atoms with Gasteiger partial charge in [0.15, 0.2) is 0 Å². The normalized spacial score (nSPS) is 15.6. The third-order valence-corrected chi connectivity index (χ3v) is 3.24. The van der Waals surface area contributed by atoms with Gasteiger partial charge in [-0.3, -0.25) is 4.98 Å². The molecule has 16 heavy (non-hydrogen) atoms. The van der Waals surface area contributed by atoms with Gasteiger partial charge in [0.2, 0.25) is 0 Å². The first-order chi connectivity index (χ1) is 7.78. The Hall–Kier alpha value is -1.44. The molecule has 1 heterocycles. The molecule has 1 nitrogen and oxygen atoms in total. The summed E-state index contributed by atoms with van der Waals surface area (Å²) in [5.41, 5.74) is 3.31. The van der Waals surface area contributed by atoms with Crippen LogP contribution in [0.1, 0.15) is 36.9 Å². The van der Waals surface area contributed by atoms with Crippen LogP contribution in [0.25, 0.3) is 10.9 Å². The summed E-state index contributed by atoms with van der Waals surface area (Å²) in [6.07, 6.45) is 3.48. The Morgan fingerprint density at radius 1 is 1.31 bits per heavy atom. The van der Waals surface area contributed by atoms with Gasteiger partial charge in [-0.15, -0.1) is 0 Å². The first-order valence-corrected chi connectivity index (χ1v) is 5.87. The van der Waals surface area contributed by atoms with E-state index in [1.165, 1.54) is 36.2 Å². The van der Waals surface area contributed by atoms with Crippen molar-refractivity contribution in [2.24, 2.45) is 0 Å². The first kappa shape index (κ1) is 9.76. The van der Waals surface area contributed by atoms with Gasteiger partial charge in [0.05, 0.1) is 5.52 Å². The van der Waals surface area contributed by atoms with E-state index < -0.39 is 0 Å². The molecule has 1 saturated carbocycles. The minimum absolute atomic E-state index is 0.203. The van der Waals surface area contributed by atoms with Crippen LogP contribution in [-0.2, 0) is 6.42 Å². The molecule has 0 radical (unpaired) electrons. The van der Waals surface area contributed by atoms with Gasteiger partial charge in [0.1, 0.15) is 5.82 Å². The molecule has 82 valence electrons. The standard InChI is InChI=1S/C14H14FN/c1-2-9-7-11-5-6-12(15)8-13(11)16-14(9)10-3-4-10/h5-8,10H,2-4H2,1H3. The maximum absolute atomic E-state index is 13.1. The summed E-state index contributed by atoms with van der Waals surface area (Å²) in [6.45, 7) is 2.15. The van der Waals surface area contributed by atoms with E-state index in [1.54, 1.807) is 0 Å². The van der Waals surface area contributed by atoms with Crippen LogP contribution in [0.15, 0.2) is 24.3 Å². The summed E-state index contributed by atoms with van der Waals surface area (Å²) in [7, 11) is 0. The average Bonchev–Trinajstić information content (AvgIpc) is 3.11. The van der Waals surface area contributed by atoms with Gasteiger partial charge in [0, 0.05) is 23.1 Å². The number of fused-ring (bicyclic) bond motifs is 1. The van der Waals surface area contributed by atoms with Crippen LogP contribution in [0.3, 0.4) is 0 Å². The molecule has 0 aliphatic heterocycles. The average molecular weight is 215 g/mol. The number of aryl methyl sites for hydroxylation is 1. The molecule has 0 N–H and O–H groups in total. The molecule has 3 rings (SSSR count). The molecule has 1 aromatic carbocycles. The summed E-state index contributed by atoms with van der Waals surface area (Å²) in [6, 6.07) is 7.00. The van der Waals surface area contributed by atoms with Gasteiger partial charge in [-0.05, 0) is 43.0 Å². The van der Waals surface area contributed by atoms with Crippen molar-refractivity contribution in [2.75, 3.05) is 0 Å². The molecule has 0 bridgehead atoms. The zero-order chi connectivity index (χ0) is 11.1.